The molecule has 0 atom stereocenters. The van der Waals surface area contributed by atoms with E-state index >= 15 is 0 Å². The summed E-state index contributed by atoms with van der Waals surface area (Å²) in [6, 6.07) is 15.8. The third kappa shape index (κ3) is 2.15. The van der Waals surface area contributed by atoms with Gasteiger partial charge in [-0.2, -0.15) is 0 Å². The maximum atomic E-state index is 14.8. The Morgan fingerprint density at radius 3 is 2.50 bits per heavy atom. The van der Waals surface area contributed by atoms with Crippen molar-refractivity contribution in [2.75, 3.05) is 0 Å². The summed E-state index contributed by atoms with van der Waals surface area (Å²) in [6.45, 7) is 6.44. The van der Waals surface area contributed by atoms with Gasteiger partial charge in [0.1, 0.15) is 24.4 Å². The third-order valence-corrected chi connectivity index (χ3v) is 6.46. The van der Waals surface area contributed by atoms with Crippen molar-refractivity contribution in [1.82, 2.24) is 0 Å². The average molecular weight is 394 g/mol. The van der Waals surface area contributed by atoms with Crippen LogP contribution in [0.15, 0.2) is 54.7 Å². The Hall–Kier alpha value is -3.46. The first kappa shape index (κ1) is 17.4. The zero-order chi connectivity index (χ0) is 20.7. The van der Waals surface area contributed by atoms with E-state index < -0.39 is 0 Å². The largest absolute Gasteiger partial charge is 0.456 e. The van der Waals surface area contributed by atoms with Crippen molar-refractivity contribution in [1.29, 1.82) is 0 Å². The van der Waals surface area contributed by atoms with E-state index in [4.69, 9.17) is 4.74 Å². The van der Waals surface area contributed by atoms with Crippen LogP contribution < -0.4 is 9.30 Å². The Bertz CT molecular complexity index is 1570. The van der Waals surface area contributed by atoms with Gasteiger partial charge in [-0.1, -0.05) is 29.8 Å². The smallest absolute Gasteiger partial charge is 0.228 e. The molecule has 30 heavy (non-hydrogen) atoms. The van der Waals surface area contributed by atoms with Crippen LogP contribution in [0.4, 0.5) is 4.39 Å². The topological polar surface area (TPSA) is 13.1 Å². The van der Waals surface area contributed by atoms with Gasteiger partial charge in [-0.3, -0.25) is 0 Å². The SMILES string of the molecule is Cc1cc(C)c2cc3c(c(C)c2c1)-c1c2c(cc4cccc(F)c4c2cc[n+]1C)O3. The number of aryl methyl sites for hydroxylation is 4. The first-order chi connectivity index (χ1) is 14.4. The molecule has 0 saturated carbocycles. The maximum absolute atomic E-state index is 14.8. The van der Waals surface area contributed by atoms with Gasteiger partial charge in [-0.05, 0) is 66.3 Å². The summed E-state index contributed by atoms with van der Waals surface area (Å²) in [5, 5.41) is 5.81. The number of benzene rings is 4. The lowest BCUT2D eigenvalue weighted by Crippen LogP contribution is -2.31. The molecule has 146 valence electrons. The number of fused-ring (bicyclic) bond motifs is 5. The summed E-state index contributed by atoms with van der Waals surface area (Å²) in [5.41, 5.74) is 5.84. The number of aromatic nitrogens is 1. The molecule has 0 saturated heterocycles. The molecule has 4 aromatic carbocycles. The van der Waals surface area contributed by atoms with E-state index in [0.717, 1.165) is 38.9 Å². The molecular weight excluding hydrogens is 373 g/mol. The first-order valence-electron chi connectivity index (χ1n) is 10.2. The van der Waals surface area contributed by atoms with Gasteiger partial charge in [-0.15, -0.1) is 0 Å². The second kappa shape index (κ2) is 5.79. The molecular formula is C27H21FNO+. The van der Waals surface area contributed by atoms with Crippen LogP contribution in [-0.2, 0) is 7.05 Å². The molecule has 6 rings (SSSR count). The average Bonchev–Trinajstić information content (AvgIpc) is 2.70. The Labute approximate surface area is 174 Å². The van der Waals surface area contributed by atoms with E-state index in [2.05, 4.69) is 43.5 Å². The second-order valence-electron chi connectivity index (χ2n) is 8.43. The van der Waals surface area contributed by atoms with Gasteiger partial charge in [-0.25, -0.2) is 8.96 Å². The fraction of sp³-hybridized carbons (Fsp3) is 0.148. The van der Waals surface area contributed by atoms with Gasteiger partial charge >= 0.3 is 0 Å². The van der Waals surface area contributed by atoms with Crippen LogP contribution in [0.2, 0.25) is 0 Å². The van der Waals surface area contributed by atoms with Crippen LogP contribution in [0, 0.1) is 26.6 Å². The lowest BCUT2D eigenvalue weighted by atomic mass is 9.89. The minimum absolute atomic E-state index is 0.203. The predicted octanol–water partition coefficient (Wildman–Crippen LogP) is 6.81. The van der Waals surface area contributed by atoms with E-state index in [9.17, 15) is 4.39 Å². The van der Waals surface area contributed by atoms with Gasteiger partial charge in [0, 0.05) is 16.8 Å². The van der Waals surface area contributed by atoms with Crippen LogP contribution in [0.5, 0.6) is 11.5 Å². The lowest BCUT2D eigenvalue weighted by molar-refractivity contribution is -0.659. The van der Waals surface area contributed by atoms with Crippen molar-refractivity contribution in [2.45, 2.75) is 20.8 Å². The highest BCUT2D eigenvalue weighted by Gasteiger charge is 2.31. The highest BCUT2D eigenvalue weighted by molar-refractivity contribution is 6.16. The number of hydrogen-bond donors (Lipinski definition) is 0. The standard InChI is InChI=1S/C27H21FNO/c1-14-10-15(2)19-13-23-24(16(3)20(19)11-14)27-26-18(8-9-29(27)4)25-17(12-22(26)30-23)6-5-7-21(25)28/h5-13H,1-4H3/q+1. The third-order valence-electron chi connectivity index (χ3n) is 6.46. The number of pyridine rings is 1. The van der Waals surface area contributed by atoms with E-state index in [0.29, 0.717) is 5.39 Å². The van der Waals surface area contributed by atoms with Crippen LogP contribution in [-0.4, -0.2) is 0 Å². The van der Waals surface area contributed by atoms with Crippen LogP contribution in [0.25, 0.3) is 43.6 Å². The number of hydrogen-bond acceptors (Lipinski definition) is 1. The first-order valence-corrected chi connectivity index (χ1v) is 10.2. The molecule has 0 spiro atoms. The zero-order valence-electron chi connectivity index (χ0n) is 17.4. The Balaban J connectivity index is 1.84. The minimum Gasteiger partial charge on any atom is -0.456 e. The Morgan fingerprint density at radius 1 is 0.833 bits per heavy atom. The van der Waals surface area contributed by atoms with Crippen LogP contribution in [0.3, 0.4) is 0 Å². The maximum Gasteiger partial charge on any atom is 0.228 e. The van der Waals surface area contributed by atoms with Gasteiger partial charge in [0.05, 0.1) is 10.9 Å². The summed E-state index contributed by atoms with van der Waals surface area (Å²) < 4.78 is 23.4. The van der Waals surface area contributed by atoms with E-state index in [1.54, 1.807) is 6.07 Å². The molecule has 0 radical (unpaired) electrons. The Kier molecular flexibility index (Phi) is 3.36. The second-order valence-corrected chi connectivity index (χ2v) is 8.43. The van der Waals surface area contributed by atoms with Gasteiger partial charge in [0.25, 0.3) is 0 Å². The number of halogens is 1. The lowest BCUT2D eigenvalue weighted by Gasteiger charge is -2.23. The van der Waals surface area contributed by atoms with Gasteiger partial charge < -0.3 is 4.74 Å². The summed E-state index contributed by atoms with van der Waals surface area (Å²) in [6.07, 6.45) is 2.02. The van der Waals surface area contributed by atoms with Crippen molar-refractivity contribution in [3.63, 3.8) is 0 Å². The van der Waals surface area contributed by atoms with E-state index in [-0.39, 0.29) is 5.82 Å². The fourth-order valence-electron chi connectivity index (χ4n) is 5.14. The van der Waals surface area contributed by atoms with Gasteiger partial charge in [0.2, 0.25) is 5.69 Å². The number of ether oxygens (including phenoxy) is 1. The number of rotatable bonds is 0. The van der Waals surface area contributed by atoms with Crippen molar-refractivity contribution >= 4 is 32.3 Å². The van der Waals surface area contributed by atoms with E-state index in [1.165, 1.54) is 33.5 Å². The molecule has 0 bridgehead atoms. The molecule has 0 unspecified atom stereocenters. The minimum atomic E-state index is -0.203. The number of nitrogens with zero attached hydrogens (tertiary/aromatic N) is 1. The highest BCUT2D eigenvalue weighted by atomic mass is 19.1. The molecule has 0 N–H and O–H groups in total. The molecule has 1 aliphatic rings. The summed E-state index contributed by atoms with van der Waals surface area (Å²) in [7, 11) is 2.05. The highest BCUT2D eigenvalue weighted by Crippen LogP contribution is 2.50. The summed E-state index contributed by atoms with van der Waals surface area (Å²) in [4.78, 5) is 0. The van der Waals surface area contributed by atoms with Gasteiger partial charge in [0.15, 0.2) is 6.20 Å². The molecule has 5 aromatic rings. The van der Waals surface area contributed by atoms with Crippen molar-refractivity contribution in [2.24, 2.45) is 7.05 Å². The van der Waals surface area contributed by atoms with Crippen LogP contribution >= 0.6 is 0 Å². The van der Waals surface area contributed by atoms with Crippen LogP contribution in [0.1, 0.15) is 16.7 Å². The molecule has 1 aromatic heterocycles. The van der Waals surface area contributed by atoms with E-state index in [1.807, 2.05) is 31.4 Å². The Morgan fingerprint density at radius 2 is 1.67 bits per heavy atom. The molecule has 0 amide bonds. The molecule has 1 aliphatic heterocycles. The molecule has 0 fully saturated rings. The van der Waals surface area contributed by atoms with Crippen molar-refractivity contribution in [3.05, 3.63) is 77.2 Å². The summed E-state index contributed by atoms with van der Waals surface area (Å²) >= 11 is 0. The summed E-state index contributed by atoms with van der Waals surface area (Å²) in [5.74, 6) is 1.44. The zero-order valence-corrected chi connectivity index (χ0v) is 17.4. The predicted molar refractivity (Wildman–Crippen MR) is 120 cm³/mol. The fourth-order valence-corrected chi connectivity index (χ4v) is 5.14. The van der Waals surface area contributed by atoms with Crippen molar-refractivity contribution < 1.29 is 13.7 Å². The quantitative estimate of drug-likeness (QED) is 0.204. The molecule has 3 heteroatoms. The molecule has 0 aliphatic carbocycles. The van der Waals surface area contributed by atoms with Crippen molar-refractivity contribution in [3.8, 4) is 22.8 Å². The molecule has 2 heterocycles. The molecule has 2 nitrogen and oxygen atoms in total. The normalized spacial score (nSPS) is 12.4. The monoisotopic (exact) mass is 394 g/mol.